The molecule has 1 aromatic carbocycles. The fourth-order valence-electron chi connectivity index (χ4n) is 3.98. The Labute approximate surface area is 187 Å². The first-order valence-corrected chi connectivity index (χ1v) is 12.7. The van der Waals surface area contributed by atoms with Crippen molar-refractivity contribution in [2.24, 2.45) is 0 Å². The van der Waals surface area contributed by atoms with Crippen LogP contribution in [0.5, 0.6) is 0 Å². The highest BCUT2D eigenvalue weighted by Crippen LogP contribution is 2.17. The largest absolute Gasteiger partial charge is 0.325 e. The van der Waals surface area contributed by atoms with Gasteiger partial charge in [0.2, 0.25) is 0 Å². The first-order chi connectivity index (χ1) is 14.6. The number of anilines is 1. The van der Waals surface area contributed by atoms with Gasteiger partial charge in [0.05, 0.1) is 0 Å². The summed E-state index contributed by atoms with van der Waals surface area (Å²) in [6, 6.07) is 6.30. The zero-order chi connectivity index (χ0) is 22.0. The van der Waals surface area contributed by atoms with Gasteiger partial charge < -0.3 is 10.2 Å². The Hall–Kier alpha value is -1.51. The van der Waals surface area contributed by atoms with Crippen molar-refractivity contribution in [3.63, 3.8) is 0 Å². The molecule has 0 aromatic heterocycles. The second kappa shape index (κ2) is 17.2. The lowest BCUT2D eigenvalue weighted by molar-refractivity contribution is 0.209. The van der Waals surface area contributed by atoms with E-state index in [1.165, 1.54) is 82.6 Å². The van der Waals surface area contributed by atoms with Crippen molar-refractivity contribution in [2.75, 3.05) is 18.4 Å². The van der Waals surface area contributed by atoms with Crippen molar-refractivity contribution >= 4 is 11.7 Å². The number of unbranched alkanes of at least 4 members (excludes halogenated alkanes) is 12. The summed E-state index contributed by atoms with van der Waals surface area (Å²) in [5, 5.41) is 3.16. The third-order valence-corrected chi connectivity index (χ3v) is 5.97. The average molecular weight is 417 g/mol. The monoisotopic (exact) mass is 416 g/mol. The van der Waals surface area contributed by atoms with Crippen molar-refractivity contribution in [1.29, 1.82) is 0 Å². The van der Waals surface area contributed by atoms with Crippen molar-refractivity contribution in [2.45, 2.75) is 118 Å². The fourth-order valence-corrected chi connectivity index (χ4v) is 3.98. The van der Waals surface area contributed by atoms with Crippen LogP contribution in [0.1, 0.15) is 115 Å². The van der Waals surface area contributed by atoms with Crippen LogP contribution >= 0.6 is 0 Å². The molecule has 0 bridgehead atoms. The van der Waals surface area contributed by atoms with Crippen molar-refractivity contribution < 1.29 is 4.79 Å². The van der Waals surface area contributed by atoms with Crippen LogP contribution in [0.15, 0.2) is 18.2 Å². The molecule has 0 heterocycles. The third kappa shape index (κ3) is 12.2. The van der Waals surface area contributed by atoms with E-state index < -0.39 is 0 Å². The molecule has 0 saturated heterocycles. The van der Waals surface area contributed by atoms with E-state index in [9.17, 15) is 4.79 Å². The molecule has 30 heavy (non-hydrogen) atoms. The summed E-state index contributed by atoms with van der Waals surface area (Å²) in [5.74, 6) is 0. The molecule has 0 radical (unpaired) electrons. The Morgan fingerprint density at radius 3 is 1.67 bits per heavy atom. The molecule has 2 amide bonds. The minimum Gasteiger partial charge on any atom is -0.325 e. The number of carbonyl (C=O) groups excluding carboxylic acids is 1. The number of benzene rings is 1. The Bertz CT molecular complexity index is 552. The van der Waals surface area contributed by atoms with Crippen LogP contribution in [0.3, 0.4) is 0 Å². The topological polar surface area (TPSA) is 32.3 Å². The van der Waals surface area contributed by atoms with Gasteiger partial charge in [-0.3, -0.25) is 0 Å². The maximum atomic E-state index is 13.0. The van der Waals surface area contributed by atoms with E-state index in [2.05, 4.69) is 50.0 Å². The predicted molar refractivity (Wildman–Crippen MR) is 132 cm³/mol. The molecule has 3 heteroatoms. The van der Waals surface area contributed by atoms with E-state index in [0.717, 1.165) is 37.2 Å². The summed E-state index contributed by atoms with van der Waals surface area (Å²) in [4.78, 5) is 15.0. The van der Waals surface area contributed by atoms with Gasteiger partial charge in [-0.05, 0) is 38.3 Å². The van der Waals surface area contributed by atoms with E-state index in [1.54, 1.807) is 0 Å². The molecule has 1 aromatic rings. The van der Waals surface area contributed by atoms with E-state index >= 15 is 0 Å². The fraction of sp³-hybridized carbons (Fsp3) is 0.741. The molecule has 172 valence electrons. The molecule has 0 aliphatic carbocycles. The maximum Gasteiger partial charge on any atom is 0.321 e. The van der Waals surface area contributed by atoms with Crippen molar-refractivity contribution in [3.8, 4) is 0 Å². The number of hydrogen-bond acceptors (Lipinski definition) is 1. The number of hydrogen-bond donors (Lipinski definition) is 1. The van der Waals surface area contributed by atoms with Crippen LogP contribution in [0.4, 0.5) is 10.5 Å². The smallest absolute Gasteiger partial charge is 0.321 e. The summed E-state index contributed by atoms with van der Waals surface area (Å²) in [6.07, 6.45) is 17.9. The Morgan fingerprint density at radius 2 is 1.20 bits per heavy atom. The molecule has 0 unspecified atom stereocenters. The van der Waals surface area contributed by atoms with E-state index in [1.807, 2.05) is 6.07 Å². The molecule has 0 atom stereocenters. The van der Waals surface area contributed by atoms with Gasteiger partial charge in [0, 0.05) is 18.8 Å². The Balaban J connectivity index is 2.46. The quantitative estimate of drug-likeness (QED) is 0.253. The highest BCUT2D eigenvalue weighted by Gasteiger charge is 2.14. The van der Waals surface area contributed by atoms with Gasteiger partial charge in [0.1, 0.15) is 0 Å². The minimum atomic E-state index is 0.0684. The lowest BCUT2D eigenvalue weighted by atomic mass is 10.1. The van der Waals surface area contributed by atoms with Crippen molar-refractivity contribution in [3.05, 3.63) is 29.3 Å². The third-order valence-electron chi connectivity index (χ3n) is 5.97. The molecule has 0 saturated carbocycles. The first kappa shape index (κ1) is 26.5. The highest BCUT2D eigenvalue weighted by molar-refractivity contribution is 5.90. The van der Waals surface area contributed by atoms with Gasteiger partial charge in [0.15, 0.2) is 0 Å². The van der Waals surface area contributed by atoms with Gasteiger partial charge in [-0.2, -0.15) is 0 Å². The molecular weight excluding hydrogens is 368 g/mol. The van der Waals surface area contributed by atoms with E-state index in [-0.39, 0.29) is 6.03 Å². The number of rotatable bonds is 17. The van der Waals surface area contributed by atoms with Gasteiger partial charge >= 0.3 is 6.03 Å². The summed E-state index contributed by atoms with van der Waals surface area (Å²) in [5.41, 5.74) is 3.30. The van der Waals surface area contributed by atoms with Gasteiger partial charge in [0.25, 0.3) is 0 Å². The lowest BCUT2D eigenvalue weighted by Crippen LogP contribution is -2.36. The summed E-state index contributed by atoms with van der Waals surface area (Å²) < 4.78 is 0. The molecule has 1 rings (SSSR count). The van der Waals surface area contributed by atoms with Crippen molar-refractivity contribution in [1.82, 2.24) is 4.90 Å². The van der Waals surface area contributed by atoms with Crippen LogP contribution < -0.4 is 5.32 Å². The van der Waals surface area contributed by atoms with Gasteiger partial charge in [-0.1, -0.05) is 109 Å². The predicted octanol–water partition coefficient (Wildman–Crippen LogP) is 8.64. The van der Waals surface area contributed by atoms with Crippen LogP contribution in [0, 0.1) is 13.8 Å². The van der Waals surface area contributed by atoms with Crippen LogP contribution in [-0.2, 0) is 0 Å². The standard InChI is InChI=1S/C27H48N2O/c1-5-7-9-11-13-15-17-21-29(22-18-16-14-12-10-8-6-2)27(30)28-26-20-19-24(3)23-25(26)4/h19-20,23H,5-18,21-22H2,1-4H3,(H,28,30). The normalized spacial score (nSPS) is 10.9. The Morgan fingerprint density at radius 1 is 0.733 bits per heavy atom. The maximum absolute atomic E-state index is 13.0. The number of amides is 2. The van der Waals surface area contributed by atoms with Gasteiger partial charge in [-0.25, -0.2) is 4.79 Å². The second-order valence-corrected chi connectivity index (χ2v) is 8.98. The van der Waals surface area contributed by atoms with Crippen LogP contribution in [0.25, 0.3) is 0 Å². The lowest BCUT2D eigenvalue weighted by Gasteiger charge is -2.24. The first-order valence-electron chi connectivity index (χ1n) is 12.7. The number of aryl methyl sites for hydroxylation is 2. The number of nitrogens with zero attached hydrogens (tertiary/aromatic N) is 1. The average Bonchev–Trinajstić information content (AvgIpc) is 2.72. The van der Waals surface area contributed by atoms with Crippen LogP contribution in [0.2, 0.25) is 0 Å². The molecule has 1 N–H and O–H groups in total. The summed E-state index contributed by atoms with van der Waals surface area (Å²) in [7, 11) is 0. The SMILES string of the molecule is CCCCCCCCCN(CCCCCCCCC)C(=O)Nc1ccc(C)cc1C. The van der Waals surface area contributed by atoms with Gasteiger partial charge in [-0.15, -0.1) is 0 Å². The summed E-state index contributed by atoms with van der Waals surface area (Å²) >= 11 is 0. The molecule has 0 fully saturated rings. The number of nitrogens with one attached hydrogen (secondary N) is 1. The second-order valence-electron chi connectivity index (χ2n) is 8.98. The molecule has 3 nitrogen and oxygen atoms in total. The molecular formula is C27H48N2O. The molecule has 0 aliphatic heterocycles. The zero-order valence-corrected chi connectivity index (χ0v) is 20.4. The Kier molecular flexibility index (Phi) is 15.2. The highest BCUT2D eigenvalue weighted by atomic mass is 16.2. The molecule has 0 aliphatic rings. The summed E-state index contributed by atoms with van der Waals surface area (Å²) in [6.45, 7) is 10.4. The minimum absolute atomic E-state index is 0.0684. The zero-order valence-electron chi connectivity index (χ0n) is 20.4. The van der Waals surface area contributed by atoms with Crippen LogP contribution in [-0.4, -0.2) is 24.0 Å². The number of urea groups is 1. The number of carbonyl (C=O) groups is 1. The van der Waals surface area contributed by atoms with E-state index in [0.29, 0.717) is 0 Å². The van der Waals surface area contributed by atoms with E-state index in [4.69, 9.17) is 0 Å². The molecule has 0 spiro atoms.